The molecule has 0 aliphatic carbocycles. The van der Waals surface area contributed by atoms with Crippen LogP contribution in [-0.2, 0) is 55.0 Å². The minimum atomic E-state index is -1.98. The summed E-state index contributed by atoms with van der Waals surface area (Å²) in [6, 6.07) is 8.67. The quantitative estimate of drug-likeness (QED) is 0.0681. The van der Waals surface area contributed by atoms with Crippen LogP contribution in [0.2, 0.25) is 0 Å². The van der Waals surface area contributed by atoms with Gasteiger partial charge in [-0.1, -0.05) is 24.3 Å². The van der Waals surface area contributed by atoms with E-state index in [9.17, 15) is 28.0 Å². The zero-order valence-corrected chi connectivity index (χ0v) is 29.9. The number of rotatable bonds is 16. The van der Waals surface area contributed by atoms with Crippen LogP contribution in [0.3, 0.4) is 0 Å². The number of carboxylic acid groups (broad SMARTS) is 1. The van der Waals surface area contributed by atoms with Gasteiger partial charge < -0.3 is 33.5 Å². The second kappa shape index (κ2) is 19.9. The predicted octanol–water partition coefficient (Wildman–Crippen LogP) is 4.82. The number of nitriles is 1. The van der Waals surface area contributed by atoms with Crippen LogP contribution in [0.5, 0.6) is 0 Å². The van der Waals surface area contributed by atoms with Crippen molar-refractivity contribution in [3.8, 4) is 6.07 Å². The minimum Gasteiger partial charge on any atom is -0.479 e. The highest BCUT2D eigenvalue weighted by Crippen LogP contribution is 2.42. The average Bonchev–Trinajstić information content (AvgIpc) is 3.65. The first-order chi connectivity index (χ1) is 26.3. The van der Waals surface area contributed by atoms with E-state index in [0.29, 0.717) is 18.2 Å². The third-order valence-corrected chi connectivity index (χ3v) is 8.93. The van der Waals surface area contributed by atoms with E-state index in [2.05, 4.69) is 14.8 Å². The number of carbonyl (C=O) groups excluding carboxylic acids is 3. The van der Waals surface area contributed by atoms with E-state index in [-0.39, 0.29) is 36.4 Å². The SMILES string of the molecule is CC(OC(=O)C=CC(=O)OCC(=O)O)OC(=O)OC(Cn1cncn1)(c1ccc(F)cc1F)C(C)SC1COC(C=CC=Cc2ccc(C#N)cc2F)OC1. The molecule has 0 spiro atoms. The lowest BCUT2D eigenvalue weighted by molar-refractivity contribution is -0.166. The molecule has 3 aromatic rings. The first-order valence-corrected chi connectivity index (χ1v) is 17.1. The van der Waals surface area contributed by atoms with E-state index < -0.39 is 76.8 Å². The fourth-order valence-corrected chi connectivity index (χ4v) is 6.34. The summed E-state index contributed by atoms with van der Waals surface area (Å²) in [6.45, 7) is 1.73. The molecule has 1 aliphatic rings. The van der Waals surface area contributed by atoms with Gasteiger partial charge in [0.25, 0.3) is 0 Å². The molecule has 290 valence electrons. The highest BCUT2D eigenvalue weighted by atomic mass is 32.2. The molecule has 2 aromatic carbocycles. The number of carbonyl (C=O) groups is 4. The molecule has 0 amide bonds. The Hall–Kier alpha value is -5.97. The van der Waals surface area contributed by atoms with Crippen LogP contribution in [-0.4, -0.2) is 86.8 Å². The van der Waals surface area contributed by atoms with Gasteiger partial charge in [-0.2, -0.15) is 10.4 Å². The number of ether oxygens (including phenoxy) is 6. The van der Waals surface area contributed by atoms with Crippen molar-refractivity contribution in [2.45, 2.75) is 49.1 Å². The summed E-state index contributed by atoms with van der Waals surface area (Å²) >= 11 is 1.19. The van der Waals surface area contributed by atoms with Gasteiger partial charge in [0.2, 0.25) is 6.29 Å². The topological polar surface area (TPSA) is 198 Å². The van der Waals surface area contributed by atoms with E-state index in [1.54, 1.807) is 25.2 Å². The Labute approximate surface area is 315 Å². The van der Waals surface area contributed by atoms with Crippen LogP contribution >= 0.6 is 11.8 Å². The Kier molecular flexibility index (Phi) is 15.1. The number of thioether (sulfide) groups is 1. The van der Waals surface area contributed by atoms with Gasteiger partial charge in [-0.15, -0.1) is 11.8 Å². The minimum absolute atomic E-state index is 0.123. The highest BCUT2D eigenvalue weighted by Gasteiger charge is 2.47. The molecular formula is C36H33F3N4O11S. The van der Waals surface area contributed by atoms with Crippen molar-refractivity contribution >= 4 is 41.9 Å². The van der Waals surface area contributed by atoms with E-state index in [1.807, 2.05) is 6.07 Å². The lowest BCUT2D eigenvalue weighted by Crippen LogP contribution is -2.47. The molecule has 0 radical (unpaired) electrons. The summed E-state index contributed by atoms with van der Waals surface area (Å²) in [4.78, 5) is 51.4. The van der Waals surface area contributed by atoms with Gasteiger partial charge in [0.15, 0.2) is 18.5 Å². The van der Waals surface area contributed by atoms with E-state index >= 15 is 4.39 Å². The summed E-state index contributed by atoms with van der Waals surface area (Å²) in [7, 11) is 0. The second-order valence-corrected chi connectivity index (χ2v) is 13.1. The third kappa shape index (κ3) is 12.6. The summed E-state index contributed by atoms with van der Waals surface area (Å²) < 4.78 is 77.1. The maximum Gasteiger partial charge on any atom is 0.512 e. The largest absolute Gasteiger partial charge is 0.512 e. The van der Waals surface area contributed by atoms with E-state index in [4.69, 9.17) is 34.1 Å². The first-order valence-electron chi connectivity index (χ1n) is 16.2. The molecule has 1 aromatic heterocycles. The number of carboxylic acids is 1. The summed E-state index contributed by atoms with van der Waals surface area (Å²) in [5.74, 6) is -6.24. The molecule has 2 heterocycles. The van der Waals surface area contributed by atoms with Gasteiger partial charge in [0, 0.05) is 41.5 Å². The van der Waals surface area contributed by atoms with Crippen molar-refractivity contribution in [3.05, 3.63) is 114 Å². The fraction of sp³-hybridized carbons (Fsp3) is 0.306. The van der Waals surface area contributed by atoms with Crippen LogP contribution in [0.15, 0.2) is 79.4 Å². The van der Waals surface area contributed by atoms with Crippen LogP contribution in [0.25, 0.3) is 6.08 Å². The third-order valence-electron chi connectivity index (χ3n) is 7.48. The molecule has 19 heteroatoms. The number of hydrogen-bond donors (Lipinski definition) is 1. The lowest BCUT2D eigenvalue weighted by atomic mass is 9.89. The molecule has 1 fully saturated rings. The number of allylic oxidation sites excluding steroid dienone is 2. The number of esters is 2. The van der Waals surface area contributed by atoms with Gasteiger partial charge in [-0.05, 0) is 37.3 Å². The zero-order chi connectivity index (χ0) is 40.0. The molecule has 0 bridgehead atoms. The Morgan fingerprint density at radius 3 is 2.45 bits per heavy atom. The van der Waals surface area contributed by atoms with Gasteiger partial charge in [0.1, 0.15) is 30.1 Å². The number of benzene rings is 2. The van der Waals surface area contributed by atoms with Crippen molar-refractivity contribution in [1.82, 2.24) is 14.8 Å². The monoisotopic (exact) mass is 786 g/mol. The van der Waals surface area contributed by atoms with Crippen LogP contribution in [0.4, 0.5) is 18.0 Å². The normalized spacial score (nSPS) is 18.0. The highest BCUT2D eigenvalue weighted by molar-refractivity contribution is 8.00. The number of aromatic nitrogens is 3. The number of hydrogen-bond acceptors (Lipinski definition) is 14. The summed E-state index contributed by atoms with van der Waals surface area (Å²) in [5, 5.41) is 20.3. The van der Waals surface area contributed by atoms with Crippen molar-refractivity contribution < 1.29 is 65.9 Å². The van der Waals surface area contributed by atoms with Crippen LogP contribution in [0, 0.1) is 28.8 Å². The van der Waals surface area contributed by atoms with Gasteiger partial charge >= 0.3 is 24.1 Å². The maximum absolute atomic E-state index is 15.6. The fourth-order valence-electron chi connectivity index (χ4n) is 4.98. The van der Waals surface area contributed by atoms with E-state index in [1.165, 1.54) is 47.3 Å². The Morgan fingerprint density at radius 1 is 1.05 bits per heavy atom. The molecule has 0 saturated carbocycles. The molecule has 3 atom stereocenters. The second-order valence-electron chi connectivity index (χ2n) is 11.4. The summed E-state index contributed by atoms with van der Waals surface area (Å²) in [5.41, 5.74) is -1.76. The molecule has 3 unspecified atom stereocenters. The molecule has 15 nitrogen and oxygen atoms in total. The zero-order valence-electron chi connectivity index (χ0n) is 29.1. The molecule has 1 aliphatic heterocycles. The van der Waals surface area contributed by atoms with Crippen molar-refractivity contribution in [3.63, 3.8) is 0 Å². The Morgan fingerprint density at radius 2 is 1.80 bits per heavy atom. The molecular weight excluding hydrogens is 753 g/mol. The van der Waals surface area contributed by atoms with Gasteiger partial charge in [0.05, 0.1) is 36.6 Å². The molecule has 1 saturated heterocycles. The predicted molar refractivity (Wildman–Crippen MR) is 185 cm³/mol. The van der Waals surface area contributed by atoms with Gasteiger partial charge in [-0.25, -0.2) is 42.0 Å². The summed E-state index contributed by atoms with van der Waals surface area (Å²) in [6.07, 6.45) is 6.16. The molecule has 4 rings (SSSR count). The number of aliphatic carboxylic acids is 1. The average molecular weight is 787 g/mol. The first kappa shape index (κ1) is 41.8. The van der Waals surface area contributed by atoms with Crippen molar-refractivity contribution in [1.29, 1.82) is 5.26 Å². The smallest absolute Gasteiger partial charge is 0.479 e. The van der Waals surface area contributed by atoms with Crippen LogP contribution in [0.1, 0.15) is 30.5 Å². The van der Waals surface area contributed by atoms with Gasteiger partial charge in [-0.3, -0.25) is 0 Å². The number of halogens is 3. The Balaban J connectivity index is 1.47. The maximum atomic E-state index is 15.6. The standard InChI is InChI=1S/C36H33F3N4O11S/c1-22(55-27-16-50-34(51-17-27)6-4-3-5-25-8-7-24(15-40)13-29(25)38)36(19-43-21-41-20-42-43,28-10-9-26(37)14-30(28)39)54-35(48)53-23(2)52-33(47)12-11-32(46)49-18-31(44)45/h3-14,20-23,27,34H,16-19H2,1-2H3,(H,44,45). The van der Waals surface area contributed by atoms with Crippen molar-refractivity contribution in [2.75, 3.05) is 19.8 Å². The van der Waals surface area contributed by atoms with Crippen molar-refractivity contribution in [2.24, 2.45) is 0 Å². The lowest BCUT2D eigenvalue weighted by Gasteiger charge is -2.40. The molecule has 55 heavy (non-hydrogen) atoms. The van der Waals surface area contributed by atoms with E-state index in [0.717, 1.165) is 25.1 Å². The Bertz CT molecular complexity index is 1960. The number of nitrogens with zero attached hydrogens (tertiary/aromatic N) is 4. The molecule has 1 N–H and O–H groups in total. The van der Waals surface area contributed by atoms with Crippen LogP contribution < -0.4 is 0 Å².